The van der Waals surface area contributed by atoms with Crippen molar-refractivity contribution < 1.29 is 27.5 Å². The zero-order chi connectivity index (χ0) is 18.5. The number of ether oxygens (including phenoxy) is 1. The molecule has 1 saturated heterocycles. The van der Waals surface area contributed by atoms with Crippen molar-refractivity contribution >= 4 is 28.5 Å². The lowest BCUT2D eigenvalue weighted by molar-refractivity contribution is -0.193. The molecule has 2 fully saturated rings. The average Bonchev–Trinajstić information content (AvgIpc) is 2.61. The zero-order valence-electron chi connectivity index (χ0n) is 13.6. The summed E-state index contributed by atoms with van der Waals surface area (Å²) in [7, 11) is 0. The van der Waals surface area contributed by atoms with Gasteiger partial charge in [-0.15, -0.1) is 0 Å². The van der Waals surface area contributed by atoms with E-state index >= 15 is 0 Å². The molecule has 1 aromatic carbocycles. The Bertz CT molecular complexity index is 878. The molecule has 2 amide bonds. The van der Waals surface area contributed by atoms with Crippen molar-refractivity contribution in [3.63, 3.8) is 0 Å². The first-order valence-electron chi connectivity index (χ1n) is 8.30. The Morgan fingerprint density at radius 2 is 1.88 bits per heavy atom. The lowest BCUT2D eigenvalue weighted by Gasteiger charge is -2.41. The Labute approximate surface area is 146 Å². The first-order valence-corrected chi connectivity index (χ1v) is 8.30. The normalized spacial score (nSPS) is 26.6. The minimum absolute atomic E-state index is 0.0357. The molecule has 0 N–H and O–H groups in total. The van der Waals surface area contributed by atoms with Gasteiger partial charge in [-0.25, -0.2) is 9.69 Å². The van der Waals surface area contributed by atoms with E-state index in [9.17, 15) is 22.8 Å². The average molecular weight is 364 g/mol. The number of rotatable bonds is 1. The highest BCUT2D eigenvalue weighted by Gasteiger charge is 2.52. The Morgan fingerprint density at radius 3 is 2.65 bits per heavy atom. The largest absolute Gasteiger partial charge is 0.445 e. The number of anilines is 1. The number of fused-ring (bicyclic) bond motifs is 2. The Morgan fingerprint density at radius 1 is 1.12 bits per heavy atom. The molecule has 136 valence electrons. The van der Waals surface area contributed by atoms with Crippen LogP contribution in [0.1, 0.15) is 19.3 Å². The van der Waals surface area contributed by atoms with Gasteiger partial charge in [0, 0.05) is 17.0 Å². The van der Waals surface area contributed by atoms with Gasteiger partial charge in [-0.3, -0.25) is 9.78 Å². The standard InChI is InChI=1S/C18H15F3N2O3/c19-18(20,21)11-5-6-15-13(7-11)16(24)23(17(25)26-15)14-9-22-8-10-3-1-2-4-12(10)14/h1-4,8-9,11,13,15H,5-7H2. The van der Waals surface area contributed by atoms with Crippen LogP contribution in [0.25, 0.3) is 10.8 Å². The SMILES string of the molecule is O=C1OC2CCC(C(F)(F)F)CC2C(=O)N1c1cncc2ccccc12. The molecule has 3 unspecified atom stereocenters. The molecule has 1 aliphatic heterocycles. The third-order valence-corrected chi connectivity index (χ3v) is 5.11. The van der Waals surface area contributed by atoms with Crippen LogP contribution >= 0.6 is 0 Å². The smallest absolute Gasteiger partial charge is 0.421 e. The molecule has 1 aromatic heterocycles. The maximum Gasteiger partial charge on any atom is 0.421 e. The molecule has 0 spiro atoms. The summed E-state index contributed by atoms with van der Waals surface area (Å²) in [6.45, 7) is 0. The van der Waals surface area contributed by atoms with Crippen LogP contribution in [0.3, 0.4) is 0 Å². The van der Waals surface area contributed by atoms with Crippen molar-refractivity contribution in [2.24, 2.45) is 11.8 Å². The molecule has 2 aromatic rings. The summed E-state index contributed by atoms with van der Waals surface area (Å²) in [5.74, 6) is -3.21. The molecule has 1 saturated carbocycles. The number of aromatic nitrogens is 1. The topological polar surface area (TPSA) is 59.5 Å². The Kier molecular flexibility index (Phi) is 3.86. The molecule has 26 heavy (non-hydrogen) atoms. The third kappa shape index (κ3) is 2.69. The molecule has 8 heteroatoms. The van der Waals surface area contributed by atoms with Crippen LogP contribution in [0.15, 0.2) is 36.7 Å². The van der Waals surface area contributed by atoms with E-state index in [4.69, 9.17) is 4.74 Å². The van der Waals surface area contributed by atoms with E-state index < -0.39 is 36.1 Å². The fourth-order valence-electron chi connectivity index (χ4n) is 3.77. The lowest BCUT2D eigenvalue weighted by Crippen LogP contribution is -2.55. The van der Waals surface area contributed by atoms with Gasteiger partial charge in [-0.1, -0.05) is 24.3 Å². The Hall–Kier alpha value is -2.64. The molecule has 4 rings (SSSR count). The van der Waals surface area contributed by atoms with Crippen molar-refractivity contribution in [2.75, 3.05) is 4.90 Å². The highest BCUT2D eigenvalue weighted by atomic mass is 19.4. The summed E-state index contributed by atoms with van der Waals surface area (Å²) in [6, 6.07) is 7.02. The van der Waals surface area contributed by atoms with Gasteiger partial charge in [-0.05, 0) is 19.3 Å². The highest BCUT2D eigenvalue weighted by molar-refractivity contribution is 6.18. The maximum atomic E-state index is 13.1. The van der Waals surface area contributed by atoms with Crippen molar-refractivity contribution in [3.05, 3.63) is 36.7 Å². The maximum absolute atomic E-state index is 13.1. The van der Waals surface area contributed by atoms with Crippen LogP contribution in [0.2, 0.25) is 0 Å². The number of alkyl halides is 3. The number of carbonyl (C=O) groups is 2. The number of pyridine rings is 1. The van der Waals surface area contributed by atoms with Crippen molar-refractivity contribution in [1.82, 2.24) is 4.98 Å². The lowest BCUT2D eigenvalue weighted by atomic mass is 9.77. The second kappa shape index (κ2) is 5.96. The summed E-state index contributed by atoms with van der Waals surface area (Å²) in [4.78, 5) is 30.2. The van der Waals surface area contributed by atoms with E-state index in [-0.39, 0.29) is 24.9 Å². The number of hydrogen-bond donors (Lipinski definition) is 0. The molecular weight excluding hydrogens is 349 g/mol. The van der Waals surface area contributed by atoms with Crippen LogP contribution in [0.4, 0.5) is 23.7 Å². The van der Waals surface area contributed by atoms with Crippen LogP contribution in [0, 0.1) is 11.8 Å². The monoisotopic (exact) mass is 364 g/mol. The van der Waals surface area contributed by atoms with Gasteiger partial charge in [0.2, 0.25) is 5.91 Å². The van der Waals surface area contributed by atoms with Gasteiger partial charge in [0.1, 0.15) is 6.10 Å². The molecular formula is C18H15F3N2O3. The van der Waals surface area contributed by atoms with Gasteiger partial charge in [-0.2, -0.15) is 13.2 Å². The van der Waals surface area contributed by atoms with Crippen molar-refractivity contribution in [3.8, 4) is 0 Å². The first kappa shape index (κ1) is 16.8. The van der Waals surface area contributed by atoms with Gasteiger partial charge in [0.25, 0.3) is 0 Å². The van der Waals surface area contributed by atoms with E-state index in [1.165, 1.54) is 6.20 Å². The number of halogens is 3. The first-order chi connectivity index (χ1) is 12.4. The molecule has 0 radical (unpaired) electrons. The van der Waals surface area contributed by atoms with E-state index in [1.54, 1.807) is 30.5 Å². The quantitative estimate of drug-likeness (QED) is 0.766. The molecule has 0 bridgehead atoms. The third-order valence-electron chi connectivity index (χ3n) is 5.11. The Balaban J connectivity index is 1.71. The molecule has 2 aliphatic rings. The van der Waals surface area contributed by atoms with Gasteiger partial charge in [0.05, 0.1) is 23.7 Å². The van der Waals surface area contributed by atoms with Crippen LogP contribution in [0.5, 0.6) is 0 Å². The number of benzene rings is 1. The fraction of sp³-hybridized carbons (Fsp3) is 0.389. The van der Waals surface area contributed by atoms with Crippen LogP contribution in [-0.2, 0) is 9.53 Å². The zero-order valence-corrected chi connectivity index (χ0v) is 13.6. The summed E-state index contributed by atoms with van der Waals surface area (Å²) in [5.41, 5.74) is 0.227. The minimum Gasteiger partial charge on any atom is -0.445 e. The predicted molar refractivity (Wildman–Crippen MR) is 86.4 cm³/mol. The molecule has 1 aliphatic carbocycles. The second-order valence-electron chi connectivity index (χ2n) is 6.63. The minimum atomic E-state index is -4.36. The van der Waals surface area contributed by atoms with E-state index in [0.717, 1.165) is 4.90 Å². The second-order valence-corrected chi connectivity index (χ2v) is 6.63. The van der Waals surface area contributed by atoms with Gasteiger partial charge >= 0.3 is 12.3 Å². The van der Waals surface area contributed by atoms with Gasteiger partial charge < -0.3 is 4.74 Å². The summed E-state index contributed by atoms with van der Waals surface area (Å²) >= 11 is 0. The number of imide groups is 1. The predicted octanol–water partition coefficient (Wildman–Crippen LogP) is 4.07. The fourth-order valence-corrected chi connectivity index (χ4v) is 3.77. The summed E-state index contributed by atoms with van der Waals surface area (Å²) in [5, 5.41) is 1.32. The van der Waals surface area contributed by atoms with Crippen molar-refractivity contribution in [1.29, 1.82) is 0 Å². The highest BCUT2D eigenvalue weighted by Crippen LogP contribution is 2.44. The number of nitrogens with zero attached hydrogens (tertiary/aromatic N) is 2. The number of carbonyl (C=O) groups excluding carboxylic acids is 2. The number of amides is 2. The molecule has 2 heterocycles. The summed E-state index contributed by atoms with van der Waals surface area (Å²) < 4.78 is 44.6. The summed E-state index contributed by atoms with van der Waals surface area (Å²) in [6.07, 6.45) is -3.55. The van der Waals surface area contributed by atoms with E-state index in [2.05, 4.69) is 4.98 Å². The van der Waals surface area contributed by atoms with Crippen LogP contribution < -0.4 is 4.90 Å². The van der Waals surface area contributed by atoms with E-state index in [1.807, 2.05) is 0 Å². The van der Waals surface area contributed by atoms with Crippen molar-refractivity contribution in [2.45, 2.75) is 31.5 Å². The number of hydrogen-bond acceptors (Lipinski definition) is 4. The molecule has 3 atom stereocenters. The van der Waals surface area contributed by atoms with Gasteiger partial charge in [0.15, 0.2) is 0 Å². The van der Waals surface area contributed by atoms with E-state index in [0.29, 0.717) is 10.8 Å². The van der Waals surface area contributed by atoms with Crippen LogP contribution in [-0.4, -0.2) is 29.3 Å². The molecule has 5 nitrogen and oxygen atoms in total.